The van der Waals surface area contributed by atoms with Crippen LogP contribution in [0.1, 0.15) is 21.2 Å². The molecule has 0 aromatic carbocycles. The van der Waals surface area contributed by atoms with E-state index in [9.17, 15) is 4.79 Å². The van der Waals surface area contributed by atoms with Gasteiger partial charge in [-0.05, 0) is 6.92 Å². The van der Waals surface area contributed by atoms with Crippen molar-refractivity contribution in [3.8, 4) is 0 Å². The molecule has 2 heterocycles. The molecule has 7 heteroatoms. The largest absolute Gasteiger partial charge is 0.476 e. The first kappa shape index (κ1) is 12.4. The second-order valence-electron chi connectivity index (χ2n) is 3.65. The molecule has 0 aliphatic carbocycles. The van der Waals surface area contributed by atoms with Crippen LogP contribution in [-0.4, -0.2) is 32.6 Å². The number of carboxylic acids is 1. The second-order valence-corrected chi connectivity index (χ2v) is 4.60. The van der Waals surface area contributed by atoms with E-state index < -0.39 is 5.97 Å². The number of thiazole rings is 1. The molecule has 2 aromatic heterocycles. The molecule has 6 nitrogen and oxygen atoms in total. The Bertz CT molecular complexity index is 555. The number of hydrogen-bond acceptors (Lipinski definition) is 6. The van der Waals surface area contributed by atoms with Crippen molar-refractivity contribution in [2.45, 2.75) is 13.3 Å². The number of aromatic carboxylic acids is 1. The van der Waals surface area contributed by atoms with E-state index in [4.69, 9.17) is 5.11 Å². The summed E-state index contributed by atoms with van der Waals surface area (Å²) in [6.45, 7) is 2.60. The minimum absolute atomic E-state index is 0.0647. The number of carboxylic acid groups (broad SMARTS) is 1. The number of aryl methyl sites for hydroxylation is 1. The van der Waals surface area contributed by atoms with Gasteiger partial charge in [-0.1, -0.05) is 0 Å². The molecule has 2 N–H and O–H groups in total. The minimum atomic E-state index is -1.08. The van der Waals surface area contributed by atoms with Gasteiger partial charge in [0.15, 0.2) is 5.69 Å². The molecular weight excluding hydrogens is 252 g/mol. The zero-order valence-corrected chi connectivity index (χ0v) is 10.6. The molecule has 2 rings (SSSR count). The van der Waals surface area contributed by atoms with Crippen LogP contribution in [0.25, 0.3) is 0 Å². The fourth-order valence-corrected chi connectivity index (χ4v) is 2.15. The number of aromatic nitrogens is 3. The molecule has 0 aliphatic heterocycles. The topological polar surface area (TPSA) is 88.0 Å². The fraction of sp³-hybridized carbons (Fsp3) is 0.273. The molecule has 94 valence electrons. The lowest BCUT2D eigenvalue weighted by molar-refractivity contribution is 0.0690. The molecule has 0 radical (unpaired) electrons. The number of nitrogens with zero attached hydrogens (tertiary/aromatic N) is 3. The molecular formula is C11H12N4O2S. The molecule has 0 spiro atoms. The molecule has 0 bridgehead atoms. The third kappa shape index (κ3) is 3.24. The zero-order chi connectivity index (χ0) is 13.0. The SMILES string of the molecule is Cc1csc(CCNc2cncc(C(=O)O)n2)n1. The van der Waals surface area contributed by atoms with Crippen LogP contribution >= 0.6 is 11.3 Å². The van der Waals surface area contributed by atoms with E-state index in [2.05, 4.69) is 20.3 Å². The van der Waals surface area contributed by atoms with Gasteiger partial charge in [-0.3, -0.25) is 4.98 Å². The monoisotopic (exact) mass is 264 g/mol. The summed E-state index contributed by atoms with van der Waals surface area (Å²) < 4.78 is 0. The standard InChI is InChI=1S/C11H12N4O2S/c1-7-6-18-10(14-7)2-3-13-9-5-12-4-8(15-9)11(16)17/h4-6H,2-3H2,1H3,(H,13,15)(H,16,17). The van der Waals surface area contributed by atoms with Crippen molar-refractivity contribution in [1.82, 2.24) is 15.0 Å². The molecule has 0 unspecified atom stereocenters. The maximum atomic E-state index is 10.7. The van der Waals surface area contributed by atoms with E-state index in [1.807, 2.05) is 12.3 Å². The number of hydrogen-bond donors (Lipinski definition) is 2. The second kappa shape index (κ2) is 5.54. The third-order valence-electron chi connectivity index (χ3n) is 2.17. The van der Waals surface area contributed by atoms with Crippen molar-refractivity contribution in [3.05, 3.63) is 34.2 Å². The van der Waals surface area contributed by atoms with Crippen LogP contribution in [0.15, 0.2) is 17.8 Å². The zero-order valence-electron chi connectivity index (χ0n) is 9.75. The molecule has 18 heavy (non-hydrogen) atoms. The van der Waals surface area contributed by atoms with Gasteiger partial charge in [0, 0.05) is 24.0 Å². The normalized spacial score (nSPS) is 10.3. The van der Waals surface area contributed by atoms with Crippen molar-refractivity contribution in [3.63, 3.8) is 0 Å². The van der Waals surface area contributed by atoms with Crippen molar-refractivity contribution in [1.29, 1.82) is 0 Å². The van der Waals surface area contributed by atoms with Gasteiger partial charge in [-0.25, -0.2) is 14.8 Å². The Morgan fingerprint density at radius 3 is 2.94 bits per heavy atom. The maximum Gasteiger partial charge on any atom is 0.356 e. The third-order valence-corrected chi connectivity index (χ3v) is 3.19. The molecule has 0 aliphatic rings. The van der Waals surface area contributed by atoms with Crippen LogP contribution < -0.4 is 5.32 Å². The van der Waals surface area contributed by atoms with E-state index in [1.165, 1.54) is 12.4 Å². The summed E-state index contributed by atoms with van der Waals surface area (Å²) in [5.74, 6) is -0.620. The quantitative estimate of drug-likeness (QED) is 0.852. The van der Waals surface area contributed by atoms with Gasteiger partial charge in [0.25, 0.3) is 0 Å². The van der Waals surface area contributed by atoms with E-state index in [0.29, 0.717) is 12.4 Å². The summed E-state index contributed by atoms with van der Waals surface area (Å²) in [5, 5.41) is 14.8. The van der Waals surface area contributed by atoms with Crippen molar-refractivity contribution >= 4 is 23.1 Å². The van der Waals surface area contributed by atoms with Gasteiger partial charge in [0.05, 0.1) is 17.4 Å². The molecule has 0 saturated heterocycles. The smallest absolute Gasteiger partial charge is 0.356 e. The number of anilines is 1. The van der Waals surface area contributed by atoms with Gasteiger partial charge in [-0.15, -0.1) is 11.3 Å². The highest BCUT2D eigenvalue weighted by Gasteiger charge is 2.06. The Balaban J connectivity index is 1.90. The molecule has 0 atom stereocenters. The minimum Gasteiger partial charge on any atom is -0.476 e. The van der Waals surface area contributed by atoms with Crippen LogP contribution in [0, 0.1) is 6.92 Å². The summed E-state index contributed by atoms with van der Waals surface area (Å²) in [4.78, 5) is 22.8. The Hall–Kier alpha value is -2.02. The molecule has 2 aromatic rings. The molecule has 0 fully saturated rings. The first-order valence-corrected chi connectivity index (χ1v) is 6.23. The van der Waals surface area contributed by atoms with Gasteiger partial charge in [-0.2, -0.15) is 0 Å². The number of carbonyl (C=O) groups is 1. The molecule has 0 amide bonds. The van der Waals surface area contributed by atoms with Crippen LogP contribution in [0.2, 0.25) is 0 Å². The van der Waals surface area contributed by atoms with Gasteiger partial charge < -0.3 is 10.4 Å². The number of rotatable bonds is 5. The maximum absolute atomic E-state index is 10.7. The predicted molar refractivity (Wildman–Crippen MR) is 68.0 cm³/mol. The van der Waals surface area contributed by atoms with Crippen LogP contribution in [-0.2, 0) is 6.42 Å². The highest BCUT2D eigenvalue weighted by atomic mass is 32.1. The van der Waals surface area contributed by atoms with Gasteiger partial charge in [0.2, 0.25) is 0 Å². The summed E-state index contributed by atoms with van der Waals surface area (Å²) >= 11 is 1.61. The van der Waals surface area contributed by atoms with E-state index >= 15 is 0 Å². The Labute approximate surface area is 108 Å². The Kier molecular flexibility index (Phi) is 3.83. The summed E-state index contributed by atoms with van der Waals surface area (Å²) in [5.41, 5.74) is 0.952. The first-order valence-electron chi connectivity index (χ1n) is 5.35. The van der Waals surface area contributed by atoms with E-state index in [-0.39, 0.29) is 5.69 Å². The van der Waals surface area contributed by atoms with Crippen molar-refractivity contribution in [2.75, 3.05) is 11.9 Å². The molecule has 0 saturated carbocycles. The average Bonchev–Trinajstić information content (AvgIpc) is 2.75. The first-order chi connectivity index (χ1) is 8.65. The highest BCUT2D eigenvalue weighted by molar-refractivity contribution is 7.09. The summed E-state index contributed by atoms with van der Waals surface area (Å²) in [7, 11) is 0. The average molecular weight is 264 g/mol. The van der Waals surface area contributed by atoms with Crippen molar-refractivity contribution in [2.24, 2.45) is 0 Å². The Morgan fingerprint density at radius 2 is 2.28 bits per heavy atom. The van der Waals surface area contributed by atoms with E-state index in [1.54, 1.807) is 11.3 Å². The predicted octanol–water partition coefficient (Wildman–Crippen LogP) is 1.59. The summed E-state index contributed by atoms with van der Waals surface area (Å²) in [6.07, 6.45) is 3.49. The van der Waals surface area contributed by atoms with Crippen LogP contribution in [0.3, 0.4) is 0 Å². The van der Waals surface area contributed by atoms with Crippen LogP contribution in [0.4, 0.5) is 5.82 Å². The van der Waals surface area contributed by atoms with Gasteiger partial charge in [0.1, 0.15) is 5.82 Å². The number of nitrogens with one attached hydrogen (secondary N) is 1. The fourth-order valence-electron chi connectivity index (χ4n) is 1.37. The highest BCUT2D eigenvalue weighted by Crippen LogP contribution is 2.09. The van der Waals surface area contributed by atoms with Gasteiger partial charge >= 0.3 is 5.97 Å². The lowest BCUT2D eigenvalue weighted by Crippen LogP contribution is -2.09. The Morgan fingerprint density at radius 1 is 1.44 bits per heavy atom. The lowest BCUT2D eigenvalue weighted by atomic mass is 10.4. The van der Waals surface area contributed by atoms with Crippen molar-refractivity contribution < 1.29 is 9.90 Å². The lowest BCUT2D eigenvalue weighted by Gasteiger charge is -2.03. The van der Waals surface area contributed by atoms with Crippen LogP contribution in [0.5, 0.6) is 0 Å². The van der Waals surface area contributed by atoms with E-state index in [0.717, 1.165) is 17.1 Å². The summed E-state index contributed by atoms with van der Waals surface area (Å²) in [6, 6.07) is 0.